The molecule has 1 aliphatic rings. The summed E-state index contributed by atoms with van der Waals surface area (Å²) in [6.07, 6.45) is 2.95. The predicted octanol–water partition coefficient (Wildman–Crippen LogP) is 2.58. The minimum Gasteiger partial charge on any atom is -0.495 e. The van der Waals surface area contributed by atoms with Crippen LogP contribution in [0.5, 0.6) is 11.6 Å². The molecular weight excluding hydrogens is 385 g/mol. The second-order valence-electron chi connectivity index (χ2n) is 6.47. The normalized spacial score (nSPS) is 17.7. The van der Waals surface area contributed by atoms with Crippen LogP contribution in [-0.4, -0.2) is 44.5 Å². The highest BCUT2D eigenvalue weighted by Crippen LogP contribution is 2.30. The number of nitrogens with zero attached hydrogens (tertiary/aromatic N) is 3. The van der Waals surface area contributed by atoms with Gasteiger partial charge in [-0.25, -0.2) is 17.8 Å². The van der Waals surface area contributed by atoms with Gasteiger partial charge in [0.05, 0.1) is 25.3 Å². The van der Waals surface area contributed by atoms with Gasteiger partial charge in [0.15, 0.2) is 0 Å². The zero-order valence-electron chi connectivity index (χ0n) is 15.3. The molecule has 2 heterocycles. The van der Waals surface area contributed by atoms with Gasteiger partial charge in [-0.2, -0.15) is 9.57 Å². The number of aromatic nitrogens is 1. The number of benzene rings is 1. The van der Waals surface area contributed by atoms with E-state index in [-0.39, 0.29) is 29.7 Å². The Labute approximate surface area is 163 Å². The van der Waals surface area contributed by atoms with Gasteiger partial charge in [-0.1, -0.05) is 0 Å². The summed E-state index contributed by atoms with van der Waals surface area (Å²) in [5.41, 5.74) is 0.441. The highest BCUT2D eigenvalue weighted by atomic mass is 32.2. The molecule has 1 aromatic carbocycles. The summed E-state index contributed by atoms with van der Waals surface area (Å²) in [7, 11) is -2.55. The highest BCUT2D eigenvalue weighted by molar-refractivity contribution is 7.89. The number of hydrogen-bond donors (Lipinski definition) is 0. The molecule has 1 atom stereocenters. The molecule has 1 unspecified atom stereocenters. The Morgan fingerprint density at radius 3 is 2.93 bits per heavy atom. The second kappa shape index (κ2) is 8.54. The van der Waals surface area contributed by atoms with Gasteiger partial charge >= 0.3 is 0 Å². The van der Waals surface area contributed by atoms with Gasteiger partial charge in [0, 0.05) is 31.3 Å². The van der Waals surface area contributed by atoms with E-state index in [1.807, 2.05) is 6.07 Å². The van der Waals surface area contributed by atoms with E-state index in [1.54, 1.807) is 6.07 Å². The van der Waals surface area contributed by atoms with Crippen molar-refractivity contribution in [3.05, 3.63) is 47.9 Å². The molecule has 148 valence electrons. The first-order valence-electron chi connectivity index (χ1n) is 8.76. The number of ether oxygens (including phenoxy) is 2. The molecule has 1 saturated heterocycles. The van der Waals surface area contributed by atoms with Crippen LogP contribution in [0.1, 0.15) is 18.4 Å². The second-order valence-corrected chi connectivity index (χ2v) is 8.38. The van der Waals surface area contributed by atoms with Gasteiger partial charge in [0.2, 0.25) is 15.9 Å². The molecule has 7 nitrogen and oxygen atoms in total. The smallest absolute Gasteiger partial charge is 0.246 e. The van der Waals surface area contributed by atoms with E-state index in [0.29, 0.717) is 24.4 Å². The average molecular weight is 405 g/mol. The summed E-state index contributed by atoms with van der Waals surface area (Å²) in [5, 5.41) is 8.93. The van der Waals surface area contributed by atoms with Crippen LogP contribution in [0, 0.1) is 23.1 Å². The van der Waals surface area contributed by atoms with Crippen molar-refractivity contribution in [2.24, 2.45) is 5.92 Å². The Hall–Kier alpha value is -2.70. The molecule has 1 fully saturated rings. The molecule has 0 amide bonds. The highest BCUT2D eigenvalue weighted by Gasteiger charge is 2.33. The predicted molar refractivity (Wildman–Crippen MR) is 98.9 cm³/mol. The molecule has 1 aliphatic heterocycles. The maximum Gasteiger partial charge on any atom is 0.246 e. The third kappa shape index (κ3) is 4.40. The molecule has 0 spiro atoms. The summed E-state index contributed by atoms with van der Waals surface area (Å²) in [4.78, 5) is 3.88. The molecule has 0 bridgehead atoms. The number of pyridine rings is 1. The first-order chi connectivity index (χ1) is 13.4. The van der Waals surface area contributed by atoms with Crippen LogP contribution in [-0.2, 0) is 10.0 Å². The minimum absolute atomic E-state index is 0.0457. The maximum absolute atomic E-state index is 13.6. The minimum atomic E-state index is -3.90. The maximum atomic E-state index is 13.6. The van der Waals surface area contributed by atoms with Crippen molar-refractivity contribution in [2.75, 3.05) is 26.8 Å². The summed E-state index contributed by atoms with van der Waals surface area (Å²) in [6.45, 7) is 0.870. The van der Waals surface area contributed by atoms with Gasteiger partial charge in [0.1, 0.15) is 16.5 Å². The van der Waals surface area contributed by atoms with Crippen molar-refractivity contribution in [3.8, 4) is 17.7 Å². The SMILES string of the molecule is COc1ccc(F)cc1S(=O)(=O)N1CCCC(COc2cc(C#N)ccn2)C1. The zero-order chi connectivity index (χ0) is 20.1. The van der Waals surface area contributed by atoms with E-state index >= 15 is 0 Å². The Bertz CT molecular complexity index is 991. The lowest BCUT2D eigenvalue weighted by Crippen LogP contribution is -2.41. The number of halogens is 1. The van der Waals surface area contributed by atoms with Gasteiger partial charge in [-0.15, -0.1) is 0 Å². The first-order valence-corrected chi connectivity index (χ1v) is 10.2. The molecule has 2 aromatic rings. The van der Waals surface area contributed by atoms with E-state index < -0.39 is 15.8 Å². The molecule has 3 rings (SSSR count). The van der Waals surface area contributed by atoms with E-state index in [1.165, 1.54) is 29.7 Å². The third-order valence-corrected chi connectivity index (χ3v) is 6.44. The Morgan fingerprint density at radius 2 is 2.18 bits per heavy atom. The van der Waals surface area contributed by atoms with Crippen molar-refractivity contribution in [3.63, 3.8) is 0 Å². The molecule has 28 heavy (non-hydrogen) atoms. The summed E-state index contributed by atoms with van der Waals surface area (Å²) >= 11 is 0. The van der Waals surface area contributed by atoms with Crippen LogP contribution < -0.4 is 9.47 Å². The molecule has 0 radical (unpaired) electrons. The van der Waals surface area contributed by atoms with Crippen LogP contribution in [0.3, 0.4) is 0 Å². The molecule has 0 aliphatic carbocycles. The van der Waals surface area contributed by atoms with Crippen molar-refractivity contribution in [2.45, 2.75) is 17.7 Å². The fourth-order valence-electron chi connectivity index (χ4n) is 3.13. The van der Waals surface area contributed by atoms with Gasteiger partial charge < -0.3 is 9.47 Å². The van der Waals surface area contributed by atoms with Crippen LogP contribution in [0.15, 0.2) is 41.4 Å². The first kappa shape index (κ1) is 20.0. The number of piperidine rings is 1. The van der Waals surface area contributed by atoms with Crippen molar-refractivity contribution < 1.29 is 22.3 Å². The van der Waals surface area contributed by atoms with Crippen molar-refractivity contribution in [1.82, 2.24) is 9.29 Å². The van der Waals surface area contributed by atoms with Crippen LogP contribution in [0.2, 0.25) is 0 Å². The number of hydrogen-bond acceptors (Lipinski definition) is 6. The molecular formula is C19H20FN3O4S. The monoisotopic (exact) mass is 405 g/mol. The van der Waals surface area contributed by atoms with E-state index in [9.17, 15) is 12.8 Å². The molecule has 0 N–H and O–H groups in total. The largest absolute Gasteiger partial charge is 0.495 e. The number of sulfonamides is 1. The number of rotatable bonds is 6. The number of nitriles is 1. The molecule has 9 heteroatoms. The lowest BCUT2D eigenvalue weighted by molar-refractivity contribution is 0.176. The van der Waals surface area contributed by atoms with Crippen LogP contribution in [0.4, 0.5) is 4.39 Å². The fraction of sp³-hybridized carbons (Fsp3) is 0.368. The van der Waals surface area contributed by atoms with Gasteiger partial charge in [0.25, 0.3) is 0 Å². The Morgan fingerprint density at radius 1 is 1.36 bits per heavy atom. The standard InChI is InChI=1S/C19H20FN3O4S/c1-26-17-5-4-16(20)10-18(17)28(24,25)23-8-2-3-15(12-23)13-27-19-9-14(11-21)6-7-22-19/h4-7,9-10,15H,2-3,8,12-13H2,1H3. The lowest BCUT2D eigenvalue weighted by atomic mass is 10.0. The van der Waals surface area contributed by atoms with Gasteiger partial charge in [-0.3, -0.25) is 0 Å². The van der Waals surface area contributed by atoms with Crippen molar-refractivity contribution >= 4 is 10.0 Å². The lowest BCUT2D eigenvalue weighted by Gasteiger charge is -2.32. The van der Waals surface area contributed by atoms with Gasteiger partial charge in [-0.05, 0) is 37.1 Å². The number of methoxy groups -OCH3 is 1. The van der Waals surface area contributed by atoms with E-state index in [4.69, 9.17) is 14.7 Å². The van der Waals surface area contributed by atoms with Crippen LogP contribution in [0.25, 0.3) is 0 Å². The molecule has 0 saturated carbocycles. The van der Waals surface area contributed by atoms with E-state index in [2.05, 4.69) is 4.98 Å². The topological polar surface area (TPSA) is 92.5 Å². The summed E-state index contributed by atoms with van der Waals surface area (Å²) in [5.74, 6) is -0.251. The van der Waals surface area contributed by atoms with Crippen molar-refractivity contribution in [1.29, 1.82) is 5.26 Å². The van der Waals surface area contributed by atoms with Crippen LogP contribution >= 0.6 is 0 Å². The zero-order valence-corrected chi connectivity index (χ0v) is 16.2. The Balaban J connectivity index is 1.72. The quantitative estimate of drug-likeness (QED) is 0.733. The average Bonchev–Trinajstić information content (AvgIpc) is 2.72. The fourth-order valence-corrected chi connectivity index (χ4v) is 4.86. The third-order valence-electron chi connectivity index (χ3n) is 4.56. The molecule has 1 aromatic heterocycles. The Kier molecular flexibility index (Phi) is 6.11. The summed E-state index contributed by atoms with van der Waals surface area (Å²) in [6, 6.07) is 8.57. The van der Waals surface area contributed by atoms with E-state index in [0.717, 1.165) is 18.6 Å². The summed E-state index contributed by atoms with van der Waals surface area (Å²) < 4.78 is 51.7.